The molecule has 0 N–H and O–H groups in total. The van der Waals surface area contributed by atoms with E-state index in [0.717, 1.165) is 30.9 Å². The van der Waals surface area contributed by atoms with Crippen LogP contribution in [0.15, 0.2) is 48.5 Å². The van der Waals surface area contributed by atoms with Crippen molar-refractivity contribution in [3.05, 3.63) is 65.2 Å². The predicted molar refractivity (Wildman–Crippen MR) is 130 cm³/mol. The van der Waals surface area contributed by atoms with E-state index in [0.29, 0.717) is 23.5 Å². The van der Waals surface area contributed by atoms with Crippen LogP contribution in [0.5, 0.6) is 0 Å². The van der Waals surface area contributed by atoms with Crippen molar-refractivity contribution in [1.29, 1.82) is 0 Å². The SMILES string of the molecule is CC(C)[C@@H]1CN(c2ccc(CC(=O)c3ccc(CS(=O)(=O)C(C)(C)C)cc3)cc2)CCO1. The Bertz CT molecular complexity index is 1020. The molecule has 0 spiro atoms. The molecule has 0 amide bonds. The van der Waals surface area contributed by atoms with E-state index in [9.17, 15) is 13.2 Å². The van der Waals surface area contributed by atoms with Crippen molar-refractivity contribution in [2.24, 2.45) is 5.92 Å². The number of carbonyl (C=O) groups is 1. The highest BCUT2D eigenvalue weighted by Gasteiger charge is 2.29. The van der Waals surface area contributed by atoms with Crippen LogP contribution in [0.25, 0.3) is 0 Å². The highest BCUT2D eigenvalue weighted by Crippen LogP contribution is 2.23. The van der Waals surface area contributed by atoms with Gasteiger partial charge in [-0.3, -0.25) is 4.79 Å². The number of nitrogens with zero attached hydrogens (tertiary/aromatic N) is 1. The Kier molecular flexibility index (Phi) is 7.46. The molecule has 1 saturated heterocycles. The van der Waals surface area contributed by atoms with E-state index in [2.05, 4.69) is 30.9 Å². The van der Waals surface area contributed by atoms with Gasteiger partial charge in [0.05, 0.1) is 23.2 Å². The first-order valence-electron chi connectivity index (χ1n) is 11.3. The van der Waals surface area contributed by atoms with Crippen molar-refractivity contribution >= 4 is 21.3 Å². The lowest BCUT2D eigenvalue weighted by Crippen LogP contribution is -2.44. The van der Waals surface area contributed by atoms with Crippen LogP contribution in [-0.2, 0) is 26.7 Å². The zero-order valence-corrected chi connectivity index (χ0v) is 20.6. The minimum atomic E-state index is -3.25. The molecular formula is C26H35NO4S. The molecule has 1 heterocycles. The molecule has 0 radical (unpaired) electrons. The van der Waals surface area contributed by atoms with Crippen molar-refractivity contribution in [3.8, 4) is 0 Å². The van der Waals surface area contributed by atoms with Gasteiger partial charge in [0, 0.05) is 30.8 Å². The Balaban J connectivity index is 1.61. The fourth-order valence-corrected chi connectivity index (χ4v) is 4.71. The first kappa shape index (κ1) is 24.5. The number of morpholine rings is 1. The Morgan fingerprint density at radius 3 is 2.19 bits per heavy atom. The van der Waals surface area contributed by atoms with Gasteiger partial charge < -0.3 is 9.64 Å². The third kappa shape index (κ3) is 5.99. The van der Waals surface area contributed by atoms with E-state index in [1.807, 2.05) is 12.1 Å². The van der Waals surface area contributed by atoms with Gasteiger partial charge in [-0.25, -0.2) is 8.42 Å². The number of carbonyl (C=O) groups excluding carboxylic acids is 1. The number of anilines is 1. The number of rotatable bonds is 7. The number of ketones is 1. The van der Waals surface area contributed by atoms with Gasteiger partial charge in [0.2, 0.25) is 0 Å². The minimum Gasteiger partial charge on any atom is -0.374 e. The van der Waals surface area contributed by atoms with E-state index in [-0.39, 0.29) is 17.6 Å². The summed E-state index contributed by atoms with van der Waals surface area (Å²) in [7, 11) is -3.25. The Morgan fingerprint density at radius 1 is 1.03 bits per heavy atom. The fourth-order valence-electron chi connectivity index (χ4n) is 3.65. The molecular weight excluding hydrogens is 422 g/mol. The van der Waals surface area contributed by atoms with Gasteiger partial charge in [-0.1, -0.05) is 50.2 Å². The lowest BCUT2D eigenvalue weighted by molar-refractivity contribution is 0.0114. The van der Waals surface area contributed by atoms with Crippen LogP contribution in [0, 0.1) is 5.92 Å². The molecule has 0 unspecified atom stereocenters. The summed E-state index contributed by atoms with van der Waals surface area (Å²) >= 11 is 0. The summed E-state index contributed by atoms with van der Waals surface area (Å²) in [5.74, 6) is 0.481. The third-order valence-corrected chi connectivity index (χ3v) is 8.65. The van der Waals surface area contributed by atoms with Gasteiger partial charge in [-0.2, -0.15) is 0 Å². The molecule has 5 nitrogen and oxygen atoms in total. The fraction of sp³-hybridized carbons (Fsp3) is 0.500. The smallest absolute Gasteiger partial charge is 0.167 e. The summed E-state index contributed by atoms with van der Waals surface area (Å²) < 4.78 is 29.8. The molecule has 32 heavy (non-hydrogen) atoms. The van der Waals surface area contributed by atoms with Gasteiger partial charge in [0.25, 0.3) is 0 Å². The second-order valence-corrected chi connectivity index (χ2v) is 12.7. The van der Waals surface area contributed by atoms with Gasteiger partial charge in [0.1, 0.15) is 0 Å². The summed E-state index contributed by atoms with van der Waals surface area (Å²) in [5, 5.41) is 0. The molecule has 1 fully saturated rings. The number of sulfone groups is 1. The van der Waals surface area contributed by atoms with Crippen LogP contribution in [0.3, 0.4) is 0 Å². The second kappa shape index (κ2) is 9.75. The van der Waals surface area contributed by atoms with Crippen LogP contribution < -0.4 is 4.90 Å². The largest absolute Gasteiger partial charge is 0.374 e. The van der Waals surface area contributed by atoms with Crippen LogP contribution in [0.2, 0.25) is 0 Å². The molecule has 3 rings (SSSR count). The monoisotopic (exact) mass is 457 g/mol. The van der Waals surface area contributed by atoms with E-state index >= 15 is 0 Å². The number of ether oxygens (including phenoxy) is 1. The summed E-state index contributed by atoms with van der Waals surface area (Å²) in [5.41, 5.74) is 3.41. The minimum absolute atomic E-state index is 0.0222. The van der Waals surface area contributed by atoms with Crippen molar-refractivity contribution < 1.29 is 17.9 Å². The summed E-state index contributed by atoms with van der Waals surface area (Å²) in [6.45, 7) is 12.0. The maximum absolute atomic E-state index is 12.7. The molecule has 0 aromatic heterocycles. The van der Waals surface area contributed by atoms with E-state index in [1.54, 1.807) is 45.0 Å². The normalized spacial score (nSPS) is 17.6. The van der Waals surface area contributed by atoms with Gasteiger partial charge in [-0.15, -0.1) is 0 Å². The lowest BCUT2D eigenvalue weighted by atomic mass is 10.0. The maximum atomic E-state index is 12.7. The number of benzene rings is 2. The zero-order chi connectivity index (χ0) is 23.5. The molecule has 1 atom stereocenters. The summed E-state index contributed by atoms with van der Waals surface area (Å²) in [6.07, 6.45) is 0.559. The highest BCUT2D eigenvalue weighted by molar-refractivity contribution is 7.91. The van der Waals surface area contributed by atoms with Crippen LogP contribution in [0.1, 0.15) is 56.1 Å². The summed E-state index contributed by atoms with van der Waals surface area (Å²) in [4.78, 5) is 15.1. The molecule has 2 aromatic rings. The van der Waals surface area contributed by atoms with Crippen LogP contribution in [-0.4, -0.2) is 44.7 Å². The quantitative estimate of drug-likeness (QED) is 0.565. The van der Waals surface area contributed by atoms with Crippen LogP contribution >= 0.6 is 0 Å². The molecule has 6 heteroatoms. The Labute approximate surface area is 192 Å². The average Bonchev–Trinajstić information content (AvgIpc) is 2.74. The van der Waals surface area contributed by atoms with Crippen LogP contribution in [0.4, 0.5) is 5.69 Å². The van der Waals surface area contributed by atoms with E-state index < -0.39 is 14.6 Å². The number of Topliss-reactive ketones (excluding diaryl/α,β-unsaturated/α-hetero) is 1. The molecule has 0 bridgehead atoms. The van der Waals surface area contributed by atoms with E-state index in [4.69, 9.17) is 4.74 Å². The topological polar surface area (TPSA) is 63.7 Å². The lowest BCUT2D eigenvalue weighted by Gasteiger charge is -2.36. The molecule has 1 aliphatic rings. The molecule has 0 aliphatic carbocycles. The van der Waals surface area contributed by atoms with Crippen molar-refractivity contribution in [1.82, 2.24) is 0 Å². The Hall–Kier alpha value is -2.18. The predicted octanol–water partition coefficient (Wildman–Crippen LogP) is 4.69. The maximum Gasteiger partial charge on any atom is 0.167 e. The van der Waals surface area contributed by atoms with Crippen molar-refractivity contribution in [2.75, 3.05) is 24.6 Å². The first-order chi connectivity index (χ1) is 15.0. The van der Waals surface area contributed by atoms with Gasteiger partial charge in [0.15, 0.2) is 15.6 Å². The zero-order valence-electron chi connectivity index (χ0n) is 19.8. The molecule has 1 aliphatic heterocycles. The standard InChI is InChI=1S/C26H35NO4S/c1-19(2)25-17-27(14-15-31-25)23-12-8-20(9-13-23)16-24(28)22-10-6-21(7-11-22)18-32(29,30)26(3,4)5/h6-13,19,25H,14-18H2,1-5H3/t25-/m0/s1. The first-order valence-corrected chi connectivity index (χ1v) is 12.9. The van der Waals surface area contributed by atoms with Crippen molar-refractivity contribution in [2.45, 2.75) is 57.6 Å². The van der Waals surface area contributed by atoms with Gasteiger partial charge >= 0.3 is 0 Å². The van der Waals surface area contributed by atoms with E-state index in [1.165, 1.54) is 0 Å². The third-order valence-electron chi connectivity index (χ3n) is 6.07. The summed E-state index contributed by atoms with van der Waals surface area (Å²) in [6, 6.07) is 15.1. The number of hydrogen-bond donors (Lipinski definition) is 0. The molecule has 174 valence electrons. The van der Waals surface area contributed by atoms with Gasteiger partial charge in [-0.05, 0) is 49.9 Å². The van der Waals surface area contributed by atoms with Crippen molar-refractivity contribution in [3.63, 3.8) is 0 Å². The number of hydrogen-bond acceptors (Lipinski definition) is 5. The second-order valence-electron chi connectivity index (χ2n) is 9.93. The highest BCUT2D eigenvalue weighted by atomic mass is 32.2. The Morgan fingerprint density at radius 2 is 1.62 bits per heavy atom. The molecule has 2 aromatic carbocycles. The molecule has 0 saturated carbocycles. The average molecular weight is 458 g/mol.